The fourth-order valence-electron chi connectivity index (χ4n) is 4.12. The van der Waals surface area contributed by atoms with E-state index in [1.807, 2.05) is 0 Å². The first-order valence-electron chi connectivity index (χ1n) is 12.0. The predicted octanol–water partition coefficient (Wildman–Crippen LogP) is 6.51. The van der Waals surface area contributed by atoms with Crippen LogP contribution < -0.4 is 5.32 Å². The molecule has 1 aliphatic heterocycles. The van der Waals surface area contributed by atoms with Gasteiger partial charge in [-0.05, 0) is 72.3 Å². The second-order valence-corrected chi connectivity index (χ2v) is 9.63. The van der Waals surface area contributed by atoms with Crippen LogP contribution in [0.5, 0.6) is 0 Å². The summed E-state index contributed by atoms with van der Waals surface area (Å²) in [4.78, 5) is 38.8. The third kappa shape index (κ3) is 6.06. The lowest BCUT2D eigenvalue weighted by atomic mass is 10.0. The summed E-state index contributed by atoms with van der Waals surface area (Å²) < 4.78 is 24.1. The van der Waals surface area contributed by atoms with Gasteiger partial charge in [-0.3, -0.25) is 9.59 Å². The molecule has 1 unspecified atom stereocenters. The number of halogens is 3. The number of rotatable bonds is 7. The van der Waals surface area contributed by atoms with Crippen molar-refractivity contribution in [3.63, 3.8) is 0 Å². The minimum absolute atomic E-state index is 0.0259. The maximum atomic E-state index is 13.2. The molecule has 0 saturated carbocycles. The molecule has 4 aromatic rings. The maximum Gasteiger partial charge on any atom is 0.340 e. The van der Waals surface area contributed by atoms with Crippen LogP contribution in [-0.4, -0.2) is 35.1 Å². The minimum Gasteiger partial charge on any atom is -0.467 e. The Kier molecular flexibility index (Phi) is 7.95. The molecule has 5 rings (SSSR count). The van der Waals surface area contributed by atoms with Crippen molar-refractivity contribution in [2.24, 2.45) is 5.10 Å². The van der Waals surface area contributed by atoms with Gasteiger partial charge >= 0.3 is 5.97 Å². The lowest BCUT2D eigenvalue weighted by Crippen LogP contribution is -2.31. The monoisotopic (exact) mass is 579 g/mol. The molecule has 1 atom stereocenters. The van der Waals surface area contributed by atoms with E-state index in [1.54, 1.807) is 36.4 Å². The van der Waals surface area contributed by atoms with Crippen LogP contribution in [0, 0.1) is 5.82 Å². The Morgan fingerprint density at radius 1 is 1.00 bits per heavy atom. The summed E-state index contributed by atoms with van der Waals surface area (Å²) in [5.41, 5.74) is 1.64. The van der Waals surface area contributed by atoms with E-state index in [4.69, 9.17) is 32.4 Å². The van der Waals surface area contributed by atoms with Crippen LogP contribution in [0.1, 0.15) is 44.5 Å². The second-order valence-electron chi connectivity index (χ2n) is 8.75. The van der Waals surface area contributed by atoms with Crippen LogP contribution >= 0.6 is 23.2 Å². The van der Waals surface area contributed by atoms with Gasteiger partial charge in [-0.25, -0.2) is 14.2 Å². The Labute approximate surface area is 237 Å². The third-order valence-electron chi connectivity index (χ3n) is 6.10. The number of nitrogens with zero attached hydrogens (tertiary/aromatic N) is 2. The fraction of sp³-hybridized carbons (Fsp3) is 0.103. The van der Waals surface area contributed by atoms with Gasteiger partial charge in [-0.15, -0.1) is 0 Å². The SMILES string of the molecule is O=C(Nc1cc(Cl)ccc1C(=O)OCC(=O)N1N=C(c2ccc(Cl)cc2)CC1c1ccco1)c1ccc(F)cc1. The molecule has 1 aliphatic rings. The zero-order chi connectivity index (χ0) is 28.2. The molecular weight excluding hydrogens is 560 g/mol. The Bertz CT molecular complexity index is 1590. The lowest BCUT2D eigenvalue weighted by Gasteiger charge is -2.20. The van der Waals surface area contributed by atoms with Crippen molar-refractivity contribution in [1.82, 2.24) is 5.01 Å². The zero-order valence-electron chi connectivity index (χ0n) is 20.6. The number of carbonyl (C=O) groups is 3. The topological polar surface area (TPSA) is 101 Å². The number of hydrogen-bond donors (Lipinski definition) is 1. The fourth-order valence-corrected chi connectivity index (χ4v) is 4.42. The van der Waals surface area contributed by atoms with Crippen LogP contribution in [0.15, 0.2) is 94.6 Å². The number of hydrazone groups is 1. The van der Waals surface area contributed by atoms with Gasteiger partial charge in [0.15, 0.2) is 6.61 Å². The molecule has 2 heterocycles. The number of nitrogens with one attached hydrogen (secondary N) is 1. The van der Waals surface area contributed by atoms with Gasteiger partial charge in [0.1, 0.15) is 17.6 Å². The van der Waals surface area contributed by atoms with Crippen molar-refractivity contribution >= 4 is 52.4 Å². The molecule has 0 bridgehead atoms. The Hall–Kier alpha value is -4.47. The molecular formula is C29H20Cl2FN3O5. The first kappa shape index (κ1) is 27.1. The van der Waals surface area contributed by atoms with E-state index in [9.17, 15) is 18.8 Å². The van der Waals surface area contributed by atoms with Crippen molar-refractivity contribution in [2.45, 2.75) is 12.5 Å². The number of esters is 1. The van der Waals surface area contributed by atoms with Gasteiger partial charge in [0.05, 0.1) is 23.2 Å². The quantitative estimate of drug-likeness (QED) is 0.251. The molecule has 202 valence electrons. The Morgan fingerprint density at radius 2 is 1.73 bits per heavy atom. The van der Waals surface area contributed by atoms with Gasteiger partial charge in [-0.1, -0.05) is 35.3 Å². The number of anilines is 1. The highest BCUT2D eigenvalue weighted by atomic mass is 35.5. The van der Waals surface area contributed by atoms with E-state index < -0.39 is 36.2 Å². The van der Waals surface area contributed by atoms with Crippen LogP contribution in [0.2, 0.25) is 10.0 Å². The number of furan rings is 1. The number of ether oxygens (including phenoxy) is 1. The molecule has 40 heavy (non-hydrogen) atoms. The highest BCUT2D eigenvalue weighted by Crippen LogP contribution is 2.33. The molecule has 0 aliphatic carbocycles. The number of benzene rings is 3. The van der Waals surface area contributed by atoms with Gasteiger partial charge in [-0.2, -0.15) is 5.10 Å². The van der Waals surface area contributed by atoms with Crippen LogP contribution in [0.25, 0.3) is 0 Å². The average molecular weight is 580 g/mol. The summed E-state index contributed by atoms with van der Waals surface area (Å²) in [6.45, 7) is -0.624. The van der Waals surface area contributed by atoms with E-state index in [0.717, 1.165) is 17.7 Å². The third-order valence-corrected chi connectivity index (χ3v) is 6.58. The van der Waals surface area contributed by atoms with Gasteiger partial charge in [0.25, 0.3) is 11.8 Å². The van der Waals surface area contributed by atoms with Crippen molar-refractivity contribution in [3.05, 3.63) is 123 Å². The van der Waals surface area contributed by atoms with E-state index in [2.05, 4.69) is 10.4 Å². The molecule has 2 amide bonds. The first-order valence-corrected chi connectivity index (χ1v) is 12.8. The van der Waals surface area contributed by atoms with Crippen LogP contribution in [-0.2, 0) is 9.53 Å². The first-order chi connectivity index (χ1) is 19.3. The summed E-state index contributed by atoms with van der Waals surface area (Å²) in [5.74, 6) is -2.00. The summed E-state index contributed by atoms with van der Waals surface area (Å²) in [5, 5.41) is 9.12. The molecule has 0 radical (unpaired) electrons. The smallest absolute Gasteiger partial charge is 0.340 e. The molecule has 0 saturated heterocycles. The normalized spacial score (nSPS) is 14.5. The summed E-state index contributed by atoms with van der Waals surface area (Å²) in [7, 11) is 0. The van der Waals surface area contributed by atoms with E-state index >= 15 is 0 Å². The highest BCUT2D eigenvalue weighted by molar-refractivity contribution is 6.31. The van der Waals surface area contributed by atoms with Gasteiger partial charge in [0, 0.05) is 22.0 Å². The number of carbonyl (C=O) groups excluding carboxylic acids is 3. The molecule has 8 nitrogen and oxygen atoms in total. The van der Waals surface area contributed by atoms with Crippen molar-refractivity contribution in [1.29, 1.82) is 0 Å². The molecule has 1 N–H and O–H groups in total. The zero-order valence-corrected chi connectivity index (χ0v) is 22.2. The maximum absolute atomic E-state index is 13.2. The van der Waals surface area contributed by atoms with Gasteiger partial charge in [0.2, 0.25) is 0 Å². The van der Waals surface area contributed by atoms with Crippen molar-refractivity contribution < 1.29 is 27.9 Å². The standard InChI is InChI=1S/C29H20Cl2FN3O5/c30-19-7-3-17(4-8-19)23-15-25(26-2-1-13-39-26)35(34-23)27(36)16-40-29(38)22-12-9-20(31)14-24(22)33-28(37)18-5-10-21(32)11-6-18/h1-14,25H,15-16H2,(H,33,37). The molecule has 3 aromatic carbocycles. The van der Waals surface area contributed by atoms with E-state index in [1.165, 1.54) is 41.6 Å². The van der Waals surface area contributed by atoms with Crippen molar-refractivity contribution in [3.8, 4) is 0 Å². The predicted molar refractivity (Wildman–Crippen MR) is 147 cm³/mol. The summed E-state index contributed by atoms with van der Waals surface area (Å²) in [6, 6.07) is 19.0. The van der Waals surface area contributed by atoms with E-state index in [-0.39, 0.29) is 21.8 Å². The van der Waals surface area contributed by atoms with Crippen LogP contribution in [0.3, 0.4) is 0 Å². The summed E-state index contributed by atoms with van der Waals surface area (Å²) in [6.07, 6.45) is 1.88. The highest BCUT2D eigenvalue weighted by Gasteiger charge is 2.35. The second kappa shape index (κ2) is 11.7. The minimum atomic E-state index is -0.866. The van der Waals surface area contributed by atoms with Crippen LogP contribution in [0.4, 0.5) is 10.1 Å². The number of amides is 2. The average Bonchev–Trinajstić information content (AvgIpc) is 3.63. The Balaban J connectivity index is 1.31. The van der Waals surface area contributed by atoms with E-state index in [0.29, 0.717) is 22.9 Å². The molecule has 11 heteroatoms. The lowest BCUT2D eigenvalue weighted by molar-refractivity contribution is -0.136. The number of hydrogen-bond acceptors (Lipinski definition) is 6. The van der Waals surface area contributed by atoms with Crippen molar-refractivity contribution in [2.75, 3.05) is 11.9 Å². The largest absolute Gasteiger partial charge is 0.467 e. The molecule has 0 fully saturated rings. The summed E-state index contributed by atoms with van der Waals surface area (Å²) >= 11 is 12.1. The van der Waals surface area contributed by atoms with Gasteiger partial charge < -0.3 is 14.5 Å². The Morgan fingerprint density at radius 3 is 2.42 bits per heavy atom. The molecule has 0 spiro atoms. The molecule has 1 aromatic heterocycles.